The summed E-state index contributed by atoms with van der Waals surface area (Å²) in [4.78, 5) is 14.7. The van der Waals surface area contributed by atoms with Crippen molar-refractivity contribution >= 4 is 27.7 Å². The molecule has 0 aliphatic carbocycles. The maximum absolute atomic E-state index is 10.6. The molecule has 4 nitrogen and oxygen atoms in total. The Balaban J connectivity index is 0. The third-order valence-corrected chi connectivity index (χ3v) is 3.89. The maximum Gasteiger partial charge on any atom is 0.508 e. The second-order valence-electron chi connectivity index (χ2n) is 3.14. The summed E-state index contributed by atoms with van der Waals surface area (Å²) in [5, 5.41) is 0.945. The molecule has 0 bridgehead atoms. The predicted octanol–water partition coefficient (Wildman–Crippen LogP) is 5.38. The van der Waals surface area contributed by atoms with Crippen molar-refractivity contribution in [2.75, 3.05) is 19.5 Å². The first-order valence-electron chi connectivity index (χ1n) is 6.89. The molecule has 0 radical (unpaired) electrons. The SMILES string of the molecule is C=C/C=C\C.CC.COC(=O)OCCSSc1ccccn1. The molecular weight excluding hydrogens is 318 g/mol. The number of aromatic nitrogens is 1. The molecule has 0 fully saturated rings. The molecule has 124 valence electrons. The zero-order valence-electron chi connectivity index (χ0n) is 13.7. The third-order valence-electron chi connectivity index (χ3n) is 1.66. The number of methoxy groups -OCH3 is 1. The van der Waals surface area contributed by atoms with Crippen LogP contribution in [0.15, 0.2) is 54.2 Å². The highest BCUT2D eigenvalue weighted by Crippen LogP contribution is 2.28. The summed E-state index contributed by atoms with van der Waals surface area (Å²) in [5.74, 6) is 0.705. The van der Waals surface area contributed by atoms with Gasteiger partial charge in [-0.3, -0.25) is 0 Å². The smallest absolute Gasteiger partial charge is 0.438 e. The fourth-order valence-electron chi connectivity index (χ4n) is 0.852. The number of carbonyl (C=O) groups is 1. The topological polar surface area (TPSA) is 48.4 Å². The Hall–Kier alpha value is -1.40. The van der Waals surface area contributed by atoms with Crippen LogP contribution in [-0.2, 0) is 9.47 Å². The van der Waals surface area contributed by atoms with Gasteiger partial charge in [0.2, 0.25) is 0 Å². The maximum atomic E-state index is 10.6. The molecule has 1 rings (SSSR count). The summed E-state index contributed by atoms with van der Waals surface area (Å²) in [6, 6.07) is 5.73. The van der Waals surface area contributed by atoms with Gasteiger partial charge in [-0.15, -0.1) is 0 Å². The second kappa shape index (κ2) is 19.6. The van der Waals surface area contributed by atoms with Crippen molar-refractivity contribution in [3.8, 4) is 0 Å². The minimum absolute atomic E-state index is 0.344. The molecular formula is C16H25NO3S2. The fourth-order valence-corrected chi connectivity index (χ4v) is 2.56. The number of ether oxygens (including phenoxy) is 2. The minimum atomic E-state index is -0.640. The summed E-state index contributed by atoms with van der Waals surface area (Å²) in [6.45, 7) is 9.77. The molecule has 0 amide bonds. The van der Waals surface area contributed by atoms with Gasteiger partial charge in [0, 0.05) is 11.9 Å². The lowest BCUT2D eigenvalue weighted by molar-refractivity contribution is 0.0779. The van der Waals surface area contributed by atoms with E-state index in [-0.39, 0.29) is 0 Å². The first-order chi connectivity index (χ1) is 10.7. The van der Waals surface area contributed by atoms with Gasteiger partial charge in [-0.1, -0.05) is 55.5 Å². The zero-order valence-corrected chi connectivity index (χ0v) is 15.3. The van der Waals surface area contributed by atoms with E-state index in [0.29, 0.717) is 12.4 Å². The third kappa shape index (κ3) is 16.7. The van der Waals surface area contributed by atoms with Gasteiger partial charge in [0.25, 0.3) is 0 Å². The second-order valence-corrected chi connectivity index (χ2v) is 5.57. The van der Waals surface area contributed by atoms with Crippen molar-refractivity contribution in [2.24, 2.45) is 0 Å². The van der Waals surface area contributed by atoms with Gasteiger partial charge in [0.05, 0.1) is 7.11 Å². The van der Waals surface area contributed by atoms with Crippen molar-refractivity contribution < 1.29 is 14.3 Å². The zero-order chi connectivity index (χ0) is 17.1. The van der Waals surface area contributed by atoms with Crippen molar-refractivity contribution in [1.82, 2.24) is 4.98 Å². The van der Waals surface area contributed by atoms with E-state index in [2.05, 4.69) is 16.3 Å². The highest BCUT2D eigenvalue weighted by atomic mass is 33.1. The van der Waals surface area contributed by atoms with Crippen molar-refractivity contribution in [2.45, 2.75) is 25.8 Å². The molecule has 0 atom stereocenters. The molecule has 1 aromatic rings. The van der Waals surface area contributed by atoms with Crippen LogP contribution < -0.4 is 0 Å². The van der Waals surface area contributed by atoms with Gasteiger partial charge in [-0.2, -0.15) is 0 Å². The van der Waals surface area contributed by atoms with Crippen LogP contribution in [0.25, 0.3) is 0 Å². The average Bonchev–Trinajstić information content (AvgIpc) is 2.58. The van der Waals surface area contributed by atoms with E-state index in [4.69, 9.17) is 4.74 Å². The van der Waals surface area contributed by atoms with E-state index >= 15 is 0 Å². The van der Waals surface area contributed by atoms with Crippen LogP contribution in [-0.4, -0.2) is 30.6 Å². The van der Waals surface area contributed by atoms with Crippen LogP contribution >= 0.6 is 21.6 Å². The van der Waals surface area contributed by atoms with Gasteiger partial charge in [0.15, 0.2) is 0 Å². The fraction of sp³-hybridized carbons (Fsp3) is 0.375. The normalized spacial score (nSPS) is 8.91. The summed E-state index contributed by atoms with van der Waals surface area (Å²) < 4.78 is 9.04. The molecule has 1 aromatic heterocycles. The number of carbonyl (C=O) groups excluding carboxylic acids is 1. The molecule has 0 saturated carbocycles. The largest absolute Gasteiger partial charge is 0.508 e. The number of rotatable bonds is 6. The Morgan fingerprint density at radius 3 is 2.59 bits per heavy atom. The number of allylic oxidation sites excluding steroid dienone is 3. The van der Waals surface area contributed by atoms with Gasteiger partial charge in [0.1, 0.15) is 11.6 Å². The molecule has 0 aliphatic heterocycles. The van der Waals surface area contributed by atoms with Gasteiger partial charge >= 0.3 is 6.16 Å². The highest BCUT2D eigenvalue weighted by molar-refractivity contribution is 8.76. The van der Waals surface area contributed by atoms with Crippen LogP contribution in [0.5, 0.6) is 0 Å². The van der Waals surface area contributed by atoms with Crippen LogP contribution in [0, 0.1) is 0 Å². The Bertz CT molecular complexity index is 398. The van der Waals surface area contributed by atoms with E-state index in [1.165, 1.54) is 7.11 Å². The first kappa shape index (κ1) is 22.9. The standard InChI is InChI=1S/C9H11NO3S2.C5H8.C2H6/c1-12-9(11)13-6-7-14-15-8-4-2-3-5-10-8;1-3-5-4-2;1-2/h2-5H,6-7H2,1H3;3-5H,1H2,2H3;1-2H3/b;5-4-;. The highest BCUT2D eigenvalue weighted by Gasteiger charge is 2.00. The van der Waals surface area contributed by atoms with Crippen LogP contribution in [0.2, 0.25) is 0 Å². The lowest BCUT2D eigenvalue weighted by Crippen LogP contribution is -2.06. The van der Waals surface area contributed by atoms with Crippen LogP contribution in [0.3, 0.4) is 0 Å². The van der Waals surface area contributed by atoms with E-state index in [1.807, 2.05) is 51.1 Å². The molecule has 0 aliphatic rings. The molecule has 0 spiro atoms. The Labute approximate surface area is 141 Å². The van der Waals surface area contributed by atoms with E-state index < -0.39 is 6.16 Å². The van der Waals surface area contributed by atoms with E-state index in [0.717, 1.165) is 5.03 Å². The van der Waals surface area contributed by atoms with Gasteiger partial charge in [-0.05, 0) is 29.9 Å². The molecule has 0 aromatic carbocycles. The first-order valence-corrected chi connectivity index (χ1v) is 9.21. The number of hydrogen-bond donors (Lipinski definition) is 0. The van der Waals surface area contributed by atoms with Crippen molar-refractivity contribution in [3.05, 3.63) is 49.2 Å². The number of pyridine rings is 1. The molecule has 0 saturated heterocycles. The summed E-state index contributed by atoms with van der Waals surface area (Å²) in [5.41, 5.74) is 0. The van der Waals surface area contributed by atoms with Crippen LogP contribution in [0.4, 0.5) is 4.79 Å². The van der Waals surface area contributed by atoms with E-state index in [9.17, 15) is 4.79 Å². The Kier molecular flexibility index (Phi) is 20.4. The Morgan fingerprint density at radius 1 is 1.41 bits per heavy atom. The monoisotopic (exact) mass is 343 g/mol. The quantitative estimate of drug-likeness (QED) is 0.299. The summed E-state index contributed by atoms with van der Waals surface area (Å²) in [6.07, 6.45) is 6.68. The van der Waals surface area contributed by atoms with Gasteiger partial charge in [-0.25, -0.2) is 9.78 Å². The average molecular weight is 344 g/mol. The lowest BCUT2D eigenvalue weighted by Gasteiger charge is -2.01. The summed E-state index contributed by atoms with van der Waals surface area (Å²) in [7, 11) is 4.42. The van der Waals surface area contributed by atoms with Gasteiger partial charge < -0.3 is 9.47 Å². The van der Waals surface area contributed by atoms with E-state index in [1.54, 1.807) is 33.9 Å². The Morgan fingerprint density at radius 2 is 2.14 bits per heavy atom. The van der Waals surface area contributed by atoms with Crippen molar-refractivity contribution in [1.29, 1.82) is 0 Å². The van der Waals surface area contributed by atoms with Crippen molar-refractivity contribution in [3.63, 3.8) is 0 Å². The predicted molar refractivity (Wildman–Crippen MR) is 97.3 cm³/mol. The van der Waals surface area contributed by atoms with Crippen LogP contribution in [0.1, 0.15) is 20.8 Å². The minimum Gasteiger partial charge on any atom is -0.438 e. The molecule has 1 heterocycles. The number of nitrogens with zero attached hydrogens (tertiary/aromatic N) is 1. The molecule has 0 unspecified atom stereocenters. The molecule has 0 N–H and O–H groups in total. The molecule has 6 heteroatoms. The molecule has 22 heavy (non-hydrogen) atoms. The number of hydrogen-bond acceptors (Lipinski definition) is 6. The lowest BCUT2D eigenvalue weighted by atomic mass is 10.5. The summed E-state index contributed by atoms with van der Waals surface area (Å²) >= 11 is 0.